The lowest BCUT2D eigenvalue weighted by Gasteiger charge is -2.13. The Hall–Kier alpha value is -1.42. The number of hydrogen-bond donors (Lipinski definition) is 2. The predicted octanol–water partition coefficient (Wildman–Crippen LogP) is -0.125. The van der Waals surface area contributed by atoms with Crippen LogP contribution in [0.2, 0.25) is 0 Å². The Balaban J connectivity index is 2.76. The zero-order valence-electron chi connectivity index (χ0n) is 9.74. The molecule has 0 fully saturated rings. The Morgan fingerprint density at radius 3 is 2.50 bits per heavy atom. The van der Waals surface area contributed by atoms with Gasteiger partial charge in [-0.05, 0) is 12.1 Å². The summed E-state index contributed by atoms with van der Waals surface area (Å²) in [7, 11) is -1.21. The van der Waals surface area contributed by atoms with Crippen molar-refractivity contribution in [3.05, 3.63) is 17.9 Å². The summed E-state index contributed by atoms with van der Waals surface area (Å²) in [5.41, 5.74) is 0. The quantitative estimate of drug-likeness (QED) is 0.668. The number of ether oxygens (including phenoxy) is 2. The summed E-state index contributed by atoms with van der Waals surface area (Å²) in [6.45, 7) is -0.127. The second-order valence-corrected chi connectivity index (χ2v) is 4.87. The fourth-order valence-corrected chi connectivity index (χ4v) is 2.04. The van der Waals surface area contributed by atoms with Crippen molar-refractivity contribution >= 4 is 16.0 Å². The van der Waals surface area contributed by atoms with E-state index in [2.05, 4.69) is 9.14 Å². The summed E-state index contributed by atoms with van der Waals surface area (Å²) in [6.07, 6.45) is -0.742. The maximum absolute atomic E-state index is 11.7. The number of carboxylic acids is 1. The smallest absolute Gasteiger partial charge is 0.371 e. The largest absolute Gasteiger partial charge is 0.475 e. The third-order valence-corrected chi connectivity index (χ3v) is 3.32. The van der Waals surface area contributed by atoms with Gasteiger partial charge in [0.05, 0.1) is 6.54 Å². The summed E-state index contributed by atoms with van der Waals surface area (Å²) in [4.78, 5) is 10.6. The van der Waals surface area contributed by atoms with Crippen molar-refractivity contribution in [2.45, 2.75) is 11.4 Å². The number of hydrogen-bond acceptors (Lipinski definition) is 6. The third-order valence-electron chi connectivity index (χ3n) is 2.02. The fraction of sp³-hybridized carbons (Fsp3) is 0.444. The molecule has 0 amide bonds. The van der Waals surface area contributed by atoms with Crippen molar-refractivity contribution in [2.24, 2.45) is 0 Å². The van der Waals surface area contributed by atoms with Crippen LogP contribution in [0.5, 0.6) is 0 Å². The first-order valence-corrected chi connectivity index (χ1v) is 6.27. The monoisotopic (exact) mass is 279 g/mol. The highest BCUT2D eigenvalue weighted by atomic mass is 32.2. The molecule has 0 atom stereocenters. The number of sulfonamides is 1. The van der Waals surface area contributed by atoms with E-state index in [1.165, 1.54) is 14.2 Å². The van der Waals surface area contributed by atoms with Crippen molar-refractivity contribution < 1.29 is 32.2 Å². The molecule has 8 nitrogen and oxygen atoms in total. The molecule has 1 aromatic heterocycles. The lowest BCUT2D eigenvalue weighted by Crippen LogP contribution is -2.34. The number of carbonyl (C=O) groups is 1. The van der Waals surface area contributed by atoms with Crippen molar-refractivity contribution in [1.29, 1.82) is 0 Å². The van der Waals surface area contributed by atoms with Crippen LogP contribution in [-0.2, 0) is 19.5 Å². The molecule has 9 heteroatoms. The zero-order chi connectivity index (χ0) is 13.8. The lowest BCUT2D eigenvalue weighted by molar-refractivity contribution is -0.0961. The lowest BCUT2D eigenvalue weighted by atomic mass is 10.5. The number of carboxylic acid groups (broad SMARTS) is 1. The average Bonchev–Trinajstić information content (AvgIpc) is 2.80. The summed E-state index contributed by atoms with van der Waals surface area (Å²) in [5.74, 6) is -1.80. The van der Waals surface area contributed by atoms with E-state index in [-0.39, 0.29) is 6.54 Å². The van der Waals surface area contributed by atoms with Gasteiger partial charge >= 0.3 is 5.97 Å². The minimum atomic E-state index is -3.93. The maximum atomic E-state index is 11.7. The number of methoxy groups -OCH3 is 2. The Morgan fingerprint density at radius 1 is 1.44 bits per heavy atom. The normalized spacial score (nSPS) is 11.9. The minimum absolute atomic E-state index is 0.127. The predicted molar refractivity (Wildman–Crippen MR) is 58.7 cm³/mol. The van der Waals surface area contributed by atoms with Crippen molar-refractivity contribution in [2.75, 3.05) is 20.8 Å². The summed E-state index contributed by atoms with van der Waals surface area (Å²) < 4.78 is 39.8. The van der Waals surface area contributed by atoms with Gasteiger partial charge in [0.25, 0.3) is 10.0 Å². The highest BCUT2D eigenvalue weighted by Crippen LogP contribution is 2.13. The molecule has 1 aromatic rings. The van der Waals surface area contributed by atoms with Crippen molar-refractivity contribution in [1.82, 2.24) is 4.72 Å². The molecule has 2 N–H and O–H groups in total. The van der Waals surface area contributed by atoms with Gasteiger partial charge in [0.2, 0.25) is 10.9 Å². The highest BCUT2D eigenvalue weighted by Gasteiger charge is 2.22. The average molecular weight is 279 g/mol. The Labute approximate surface area is 104 Å². The van der Waals surface area contributed by atoms with E-state index in [0.717, 1.165) is 12.1 Å². The van der Waals surface area contributed by atoms with E-state index in [1.807, 2.05) is 0 Å². The van der Waals surface area contributed by atoms with Gasteiger partial charge in [0.15, 0.2) is 6.29 Å². The Kier molecular flexibility index (Phi) is 4.84. The van der Waals surface area contributed by atoms with E-state index in [9.17, 15) is 13.2 Å². The zero-order valence-corrected chi connectivity index (χ0v) is 10.6. The number of nitrogens with one attached hydrogen (secondary N) is 1. The van der Waals surface area contributed by atoms with Crippen LogP contribution in [0.15, 0.2) is 21.6 Å². The van der Waals surface area contributed by atoms with Gasteiger partial charge in [0.1, 0.15) is 0 Å². The number of furan rings is 1. The molecular formula is C9H13NO7S. The van der Waals surface area contributed by atoms with Crippen molar-refractivity contribution in [3.63, 3.8) is 0 Å². The summed E-state index contributed by atoms with van der Waals surface area (Å²) in [6, 6.07) is 2.11. The second-order valence-electron chi connectivity index (χ2n) is 3.18. The number of rotatable bonds is 7. The van der Waals surface area contributed by atoms with Gasteiger partial charge < -0.3 is 19.0 Å². The Morgan fingerprint density at radius 2 is 2.06 bits per heavy atom. The van der Waals surface area contributed by atoms with Crippen LogP contribution in [0, 0.1) is 0 Å². The van der Waals surface area contributed by atoms with Crippen molar-refractivity contribution in [3.8, 4) is 0 Å². The molecule has 0 saturated heterocycles. The minimum Gasteiger partial charge on any atom is -0.475 e. The first-order chi connectivity index (χ1) is 8.40. The molecule has 102 valence electrons. The van der Waals surface area contributed by atoms with Gasteiger partial charge in [-0.3, -0.25) is 0 Å². The van der Waals surface area contributed by atoms with E-state index in [1.54, 1.807) is 0 Å². The van der Waals surface area contributed by atoms with Crippen LogP contribution in [0.25, 0.3) is 0 Å². The highest BCUT2D eigenvalue weighted by molar-refractivity contribution is 7.89. The first kappa shape index (κ1) is 14.6. The molecule has 0 aliphatic carbocycles. The molecule has 0 unspecified atom stereocenters. The van der Waals surface area contributed by atoms with Crippen LogP contribution in [0.1, 0.15) is 10.6 Å². The molecule has 0 bridgehead atoms. The summed E-state index contributed by atoms with van der Waals surface area (Å²) >= 11 is 0. The molecule has 0 aliphatic rings. The number of aromatic carboxylic acids is 1. The molecule has 0 aliphatic heterocycles. The SMILES string of the molecule is COC(CNS(=O)(=O)c1ccc(C(=O)O)o1)OC. The van der Waals surface area contributed by atoms with E-state index in [0.29, 0.717) is 0 Å². The van der Waals surface area contributed by atoms with Gasteiger partial charge in [-0.2, -0.15) is 0 Å². The van der Waals surface area contributed by atoms with Gasteiger partial charge in [-0.15, -0.1) is 0 Å². The molecule has 0 radical (unpaired) electrons. The standard InChI is InChI=1S/C9H13NO7S/c1-15-7(16-2)5-10-18(13,14)8-4-3-6(17-8)9(11)12/h3-4,7,10H,5H2,1-2H3,(H,11,12). The van der Waals surface area contributed by atoms with Crippen LogP contribution >= 0.6 is 0 Å². The molecule has 0 aromatic carbocycles. The molecule has 1 rings (SSSR count). The van der Waals surface area contributed by atoms with Crippen LogP contribution in [-0.4, -0.2) is 46.5 Å². The van der Waals surface area contributed by atoms with Gasteiger partial charge in [-0.25, -0.2) is 17.9 Å². The van der Waals surface area contributed by atoms with Crippen LogP contribution in [0.4, 0.5) is 0 Å². The summed E-state index contributed by atoms with van der Waals surface area (Å²) in [5, 5.41) is 8.13. The third kappa shape index (κ3) is 3.53. The van der Waals surface area contributed by atoms with E-state index in [4.69, 9.17) is 14.6 Å². The van der Waals surface area contributed by atoms with Gasteiger partial charge in [-0.1, -0.05) is 0 Å². The fourth-order valence-electron chi connectivity index (χ4n) is 1.09. The van der Waals surface area contributed by atoms with Crippen LogP contribution in [0.3, 0.4) is 0 Å². The van der Waals surface area contributed by atoms with Crippen LogP contribution < -0.4 is 4.72 Å². The Bertz CT molecular complexity index is 503. The van der Waals surface area contributed by atoms with E-state index >= 15 is 0 Å². The second kappa shape index (κ2) is 5.96. The molecular weight excluding hydrogens is 266 g/mol. The molecule has 0 saturated carbocycles. The first-order valence-electron chi connectivity index (χ1n) is 4.79. The maximum Gasteiger partial charge on any atom is 0.371 e. The topological polar surface area (TPSA) is 115 Å². The van der Waals surface area contributed by atoms with Gasteiger partial charge in [0, 0.05) is 14.2 Å². The molecule has 1 heterocycles. The molecule has 0 spiro atoms. The van der Waals surface area contributed by atoms with E-state index < -0.39 is 33.1 Å². The molecule has 18 heavy (non-hydrogen) atoms.